The van der Waals surface area contributed by atoms with E-state index in [-0.39, 0.29) is 11.6 Å². The van der Waals surface area contributed by atoms with E-state index < -0.39 is 18.5 Å². The van der Waals surface area contributed by atoms with Gasteiger partial charge in [0.25, 0.3) is 5.91 Å². The number of rotatable bonds is 9. The Hall–Kier alpha value is -3.41. The zero-order valence-electron chi connectivity index (χ0n) is 15.8. The molecule has 0 aliphatic rings. The molecule has 0 heterocycles. The van der Waals surface area contributed by atoms with Crippen molar-refractivity contribution in [1.29, 1.82) is 0 Å². The number of amides is 2. The van der Waals surface area contributed by atoms with Gasteiger partial charge in [0.2, 0.25) is 5.91 Å². The lowest BCUT2D eigenvalue weighted by molar-refractivity contribution is -0.145. The third-order valence-electron chi connectivity index (χ3n) is 3.78. The molecular weight excluding hydrogens is 356 g/mol. The molecule has 2 amide bonds. The van der Waals surface area contributed by atoms with Gasteiger partial charge in [0.05, 0.1) is 0 Å². The monoisotopic (exact) mass is 380 g/mol. The molecule has 0 saturated heterocycles. The predicted octanol–water partition coefficient (Wildman–Crippen LogP) is 2.46. The second-order valence-corrected chi connectivity index (χ2v) is 6.17. The highest BCUT2D eigenvalue weighted by atomic mass is 16.5. The Labute approximate surface area is 164 Å². The fourth-order valence-corrected chi connectivity index (χ4v) is 2.48. The Morgan fingerprint density at radius 1 is 0.964 bits per heavy atom. The number of nitrogens with one attached hydrogen (secondary N) is 2. The maximum atomic E-state index is 12.2. The van der Waals surface area contributed by atoms with Gasteiger partial charge >= 0.3 is 5.97 Å². The molecule has 6 nitrogen and oxygen atoms in total. The molecule has 2 aromatic rings. The summed E-state index contributed by atoms with van der Waals surface area (Å²) in [5.41, 5.74) is 1.92. The molecule has 0 radical (unpaired) electrons. The van der Waals surface area contributed by atoms with Gasteiger partial charge in [0, 0.05) is 13.5 Å². The van der Waals surface area contributed by atoms with Crippen molar-refractivity contribution >= 4 is 23.9 Å². The Kier molecular flexibility index (Phi) is 8.46. The third-order valence-corrected chi connectivity index (χ3v) is 3.78. The number of aryl methyl sites for hydroxylation is 1. The summed E-state index contributed by atoms with van der Waals surface area (Å²) >= 11 is 0. The van der Waals surface area contributed by atoms with E-state index in [9.17, 15) is 14.4 Å². The van der Waals surface area contributed by atoms with Crippen LogP contribution in [0.1, 0.15) is 24.5 Å². The van der Waals surface area contributed by atoms with E-state index in [4.69, 9.17) is 4.74 Å². The van der Waals surface area contributed by atoms with Gasteiger partial charge in [-0.15, -0.1) is 0 Å². The highest BCUT2D eigenvalue weighted by Crippen LogP contribution is 2.06. The standard InChI is InChI=1S/C22H24N2O4/c1-17(25)24-20(15-19-11-6-3-7-12-19)22(27)28-16-21(26)23-14-8-13-18-9-4-2-5-10-18/h2-7,9-12,15H,8,13-14,16H2,1H3,(H,23,26)(H,24,25)/b20-15-. The summed E-state index contributed by atoms with van der Waals surface area (Å²) in [6, 6.07) is 19.0. The molecule has 2 rings (SSSR count). The minimum absolute atomic E-state index is 0.0180. The van der Waals surface area contributed by atoms with Crippen LogP contribution >= 0.6 is 0 Å². The summed E-state index contributed by atoms with van der Waals surface area (Å²) in [4.78, 5) is 35.4. The van der Waals surface area contributed by atoms with E-state index in [1.165, 1.54) is 18.6 Å². The van der Waals surface area contributed by atoms with Crippen LogP contribution in [0.5, 0.6) is 0 Å². The average molecular weight is 380 g/mol. The van der Waals surface area contributed by atoms with Crippen molar-refractivity contribution in [3.8, 4) is 0 Å². The molecule has 0 saturated carbocycles. The number of carbonyl (C=O) groups excluding carboxylic acids is 3. The highest BCUT2D eigenvalue weighted by Gasteiger charge is 2.14. The van der Waals surface area contributed by atoms with Gasteiger partial charge < -0.3 is 15.4 Å². The molecule has 0 unspecified atom stereocenters. The minimum Gasteiger partial charge on any atom is -0.451 e. The second-order valence-electron chi connectivity index (χ2n) is 6.17. The highest BCUT2D eigenvalue weighted by molar-refractivity contribution is 5.98. The first kappa shape index (κ1) is 20.9. The number of hydrogen-bond acceptors (Lipinski definition) is 4. The average Bonchev–Trinajstić information content (AvgIpc) is 2.70. The SMILES string of the molecule is CC(=O)N/C(=C\c1ccccc1)C(=O)OCC(=O)NCCCc1ccccc1. The van der Waals surface area contributed by atoms with Crippen LogP contribution in [0.25, 0.3) is 6.08 Å². The lowest BCUT2D eigenvalue weighted by Crippen LogP contribution is -2.32. The van der Waals surface area contributed by atoms with E-state index in [0.717, 1.165) is 18.4 Å². The molecule has 0 fully saturated rings. The molecule has 2 N–H and O–H groups in total. The molecule has 0 atom stereocenters. The summed E-state index contributed by atoms with van der Waals surface area (Å²) < 4.78 is 5.02. The van der Waals surface area contributed by atoms with Gasteiger partial charge in [-0.3, -0.25) is 9.59 Å². The summed E-state index contributed by atoms with van der Waals surface area (Å²) in [5.74, 6) is -1.55. The van der Waals surface area contributed by atoms with Crippen LogP contribution in [-0.2, 0) is 25.5 Å². The Bertz CT molecular complexity index is 817. The number of ether oxygens (including phenoxy) is 1. The maximum absolute atomic E-state index is 12.2. The first-order valence-corrected chi connectivity index (χ1v) is 9.06. The van der Waals surface area contributed by atoms with Gasteiger partial charge in [0.1, 0.15) is 5.70 Å². The fraction of sp³-hybridized carbons (Fsp3) is 0.227. The van der Waals surface area contributed by atoms with Crippen LogP contribution in [0.2, 0.25) is 0 Å². The van der Waals surface area contributed by atoms with Crippen molar-refractivity contribution in [2.75, 3.05) is 13.2 Å². The molecular formula is C22H24N2O4. The number of carbonyl (C=O) groups is 3. The van der Waals surface area contributed by atoms with Crippen LogP contribution in [0.4, 0.5) is 0 Å². The van der Waals surface area contributed by atoms with Crippen molar-refractivity contribution in [2.24, 2.45) is 0 Å². The quantitative estimate of drug-likeness (QED) is 0.398. The van der Waals surface area contributed by atoms with E-state index in [1.807, 2.05) is 48.5 Å². The lowest BCUT2D eigenvalue weighted by Gasteiger charge is -2.09. The van der Waals surface area contributed by atoms with Crippen LogP contribution in [-0.4, -0.2) is 30.9 Å². The Morgan fingerprint density at radius 2 is 1.61 bits per heavy atom. The van der Waals surface area contributed by atoms with Crippen molar-refractivity contribution in [3.05, 3.63) is 77.5 Å². The van der Waals surface area contributed by atoms with Crippen LogP contribution in [0.15, 0.2) is 66.4 Å². The number of hydrogen-bond donors (Lipinski definition) is 2. The van der Waals surface area contributed by atoms with Crippen molar-refractivity contribution in [1.82, 2.24) is 10.6 Å². The Morgan fingerprint density at radius 3 is 2.25 bits per heavy atom. The molecule has 6 heteroatoms. The number of esters is 1. The zero-order chi connectivity index (χ0) is 20.2. The molecule has 0 aliphatic carbocycles. The van der Waals surface area contributed by atoms with Crippen molar-refractivity contribution < 1.29 is 19.1 Å². The first-order valence-electron chi connectivity index (χ1n) is 9.06. The maximum Gasteiger partial charge on any atom is 0.355 e. The van der Waals surface area contributed by atoms with E-state index >= 15 is 0 Å². The fourth-order valence-electron chi connectivity index (χ4n) is 2.48. The van der Waals surface area contributed by atoms with Crippen LogP contribution in [0.3, 0.4) is 0 Å². The summed E-state index contributed by atoms with van der Waals surface area (Å²) in [7, 11) is 0. The topological polar surface area (TPSA) is 84.5 Å². The Balaban J connectivity index is 1.78. The van der Waals surface area contributed by atoms with Gasteiger partial charge in [0.15, 0.2) is 6.61 Å². The lowest BCUT2D eigenvalue weighted by atomic mass is 10.1. The third kappa shape index (κ3) is 7.86. The molecule has 146 valence electrons. The van der Waals surface area contributed by atoms with Crippen LogP contribution < -0.4 is 10.6 Å². The summed E-state index contributed by atoms with van der Waals surface area (Å²) in [6.45, 7) is 1.38. The molecule has 0 spiro atoms. The summed E-state index contributed by atoms with van der Waals surface area (Å²) in [5, 5.41) is 5.15. The largest absolute Gasteiger partial charge is 0.451 e. The number of benzene rings is 2. The first-order chi connectivity index (χ1) is 13.5. The van der Waals surface area contributed by atoms with E-state index in [0.29, 0.717) is 6.54 Å². The molecule has 0 aromatic heterocycles. The molecule has 0 bridgehead atoms. The normalized spacial score (nSPS) is 10.8. The molecule has 2 aromatic carbocycles. The molecule has 28 heavy (non-hydrogen) atoms. The predicted molar refractivity (Wildman–Crippen MR) is 107 cm³/mol. The van der Waals surface area contributed by atoms with E-state index in [1.54, 1.807) is 12.1 Å². The second kappa shape index (κ2) is 11.3. The zero-order valence-corrected chi connectivity index (χ0v) is 15.8. The minimum atomic E-state index is -0.765. The van der Waals surface area contributed by atoms with Gasteiger partial charge in [-0.2, -0.15) is 0 Å². The van der Waals surface area contributed by atoms with E-state index in [2.05, 4.69) is 10.6 Å². The van der Waals surface area contributed by atoms with Crippen molar-refractivity contribution in [2.45, 2.75) is 19.8 Å². The molecule has 0 aliphatic heterocycles. The summed E-state index contributed by atoms with van der Waals surface area (Å²) in [6.07, 6.45) is 3.14. The van der Waals surface area contributed by atoms with Gasteiger partial charge in [-0.25, -0.2) is 4.79 Å². The smallest absolute Gasteiger partial charge is 0.355 e. The van der Waals surface area contributed by atoms with Gasteiger partial charge in [-0.1, -0.05) is 60.7 Å². The van der Waals surface area contributed by atoms with Crippen molar-refractivity contribution in [3.63, 3.8) is 0 Å². The van der Waals surface area contributed by atoms with Gasteiger partial charge in [-0.05, 0) is 30.0 Å². The van der Waals surface area contributed by atoms with Crippen LogP contribution in [0, 0.1) is 0 Å².